The third kappa shape index (κ3) is 8.19. The average molecular weight is 184 g/mol. The topological polar surface area (TPSA) is 75.7 Å². The Morgan fingerprint density at radius 3 is 1.91 bits per heavy atom. The van der Waals surface area contributed by atoms with Crippen LogP contribution in [-0.2, 0) is 19.3 Å². The molecule has 0 rings (SSSR count). The largest absolute Gasteiger partial charge is 1.00 e. The minimum Gasteiger partial charge on any atom is -0.725 e. The molecule has 0 unspecified atom stereocenters. The molecule has 0 N–H and O–H groups in total. The van der Waals surface area contributed by atoms with Gasteiger partial charge in [0, 0.05) is 7.11 Å². The first-order valence-electron chi connectivity index (χ1n) is 1.86. The van der Waals surface area contributed by atoms with Crippen molar-refractivity contribution in [2.45, 2.75) is 6.29 Å². The second-order valence-electron chi connectivity index (χ2n) is 1.16. The standard InChI is InChI=1S/C2H4F2O5S.Li/c1-8-2(3,4)9-10(5,6)7;/h1H3,(H,5,6,7);/q;+1/p-1. The van der Waals surface area contributed by atoms with Crippen LogP contribution in [0, 0.1) is 0 Å². The van der Waals surface area contributed by atoms with Gasteiger partial charge in [0.1, 0.15) is 0 Å². The summed E-state index contributed by atoms with van der Waals surface area (Å²) in [6.45, 7) is 0. The first-order chi connectivity index (χ1) is 4.27. The molecular formula is C2H3F2LiO5S. The molecule has 0 aromatic carbocycles. The fraction of sp³-hybridized carbons (Fsp3) is 1.00. The molecule has 0 aliphatic heterocycles. The summed E-state index contributed by atoms with van der Waals surface area (Å²) in [4.78, 5) is 0. The fourth-order valence-electron chi connectivity index (χ4n) is 0.153. The molecule has 0 fully saturated rings. The van der Waals surface area contributed by atoms with E-state index >= 15 is 0 Å². The Kier molecular flexibility index (Phi) is 5.47. The number of methoxy groups -OCH3 is 1. The minimum atomic E-state index is -5.42. The average Bonchev–Trinajstić information content (AvgIpc) is 1.60. The maximum absolute atomic E-state index is 11.6. The van der Waals surface area contributed by atoms with Crippen molar-refractivity contribution in [1.82, 2.24) is 0 Å². The smallest absolute Gasteiger partial charge is 0.725 e. The Morgan fingerprint density at radius 1 is 1.45 bits per heavy atom. The first-order valence-corrected chi connectivity index (χ1v) is 3.19. The van der Waals surface area contributed by atoms with Gasteiger partial charge in [-0.1, -0.05) is 0 Å². The zero-order valence-electron chi connectivity index (χ0n) is 5.71. The van der Waals surface area contributed by atoms with Crippen LogP contribution in [0.3, 0.4) is 0 Å². The number of rotatable bonds is 3. The van der Waals surface area contributed by atoms with Gasteiger partial charge in [0.15, 0.2) is 0 Å². The van der Waals surface area contributed by atoms with E-state index in [0.717, 1.165) is 0 Å². The molecule has 11 heavy (non-hydrogen) atoms. The van der Waals surface area contributed by atoms with E-state index in [1.807, 2.05) is 0 Å². The van der Waals surface area contributed by atoms with Crippen molar-refractivity contribution < 1.29 is 49.5 Å². The van der Waals surface area contributed by atoms with Gasteiger partial charge < -0.3 is 4.55 Å². The van der Waals surface area contributed by atoms with Gasteiger partial charge in [-0.2, -0.15) is 4.18 Å². The molecule has 0 radical (unpaired) electrons. The van der Waals surface area contributed by atoms with Gasteiger partial charge in [-0.25, -0.2) is 8.42 Å². The zero-order chi connectivity index (χ0) is 8.41. The summed E-state index contributed by atoms with van der Waals surface area (Å²) < 4.78 is 57.5. The summed E-state index contributed by atoms with van der Waals surface area (Å²) in [6, 6.07) is 0. The maximum Gasteiger partial charge on any atom is 1.00 e. The molecule has 0 aromatic heterocycles. The number of alkyl halides is 2. The number of hydrogen-bond acceptors (Lipinski definition) is 5. The molecule has 0 atom stereocenters. The quantitative estimate of drug-likeness (QED) is 0.198. The second kappa shape index (κ2) is 4.35. The van der Waals surface area contributed by atoms with Crippen LogP contribution in [0.2, 0.25) is 0 Å². The Balaban J connectivity index is 0. The van der Waals surface area contributed by atoms with Crippen molar-refractivity contribution in [3.8, 4) is 0 Å². The Bertz CT molecular complexity index is 201. The van der Waals surface area contributed by atoms with Crippen molar-refractivity contribution >= 4 is 10.4 Å². The second-order valence-corrected chi connectivity index (χ2v) is 2.14. The van der Waals surface area contributed by atoms with E-state index < -0.39 is 16.7 Å². The molecule has 0 aromatic rings. The van der Waals surface area contributed by atoms with Gasteiger partial charge >= 0.3 is 25.2 Å². The fourth-order valence-corrected chi connectivity index (χ4v) is 0.459. The van der Waals surface area contributed by atoms with Gasteiger partial charge in [-0.05, 0) is 0 Å². The van der Waals surface area contributed by atoms with E-state index in [1.54, 1.807) is 0 Å². The third-order valence-corrected chi connectivity index (χ3v) is 0.835. The van der Waals surface area contributed by atoms with Gasteiger partial charge in [0.05, 0.1) is 0 Å². The molecule has 0 amide bonds. The van der Waals surface area contributed by atoms with Gasteiger partial charge in [0.25, 0.3) is 0 Å². The van der Waals surface area contributed by atoms with Gasteiger partial charge in [-0.15, -0.1) is 8.78 Å². The van der Waals surface area contributed by atoms with Crippen LogP contribution < -0.4 is 18.9 Å². The van der Waals surface area contributed by atoms with Gasteiger partial charge in [0.2, 0.25) is 10.4 Å². The number of hydrogen-bond donors (Lipinski definition) is 0. The summed E-state index contributed by atoms with van der Waals surface area (Å²) in [7, 11) is -4.93. The van der Waals surface area contributed by atoms with Crippen molar-refractivity contribution in [2.75, 3.05) is 7.11 Å². The Morgan fingerprint density at radius 2 is 1.82 bits per heavy atom. The molecule has 9 heteroatoms. The maximum atomic E-state index is 11.6. The minimum absolute atomic E-state index is 0. The molecule has 0 saturated carbocycles. The molecule has 5 nitrogen and oxygen atoms in total. The SMILES string of the molecule is COC(F)(F)OS(=O)(=O)[O-].[Li+]. The summed E-state index contributed by atoms with van der Waals surface area (Å²) in [6.07, 6.45) is -4.37. The van der Waals surface area contributed by atoms with Crippen molar-refractivity contribution in [3.63, 3.8) is 0 Å². The number of ether oxygens (including phenoxy) is 1. The van der Waals surface area contributed by atoms with E-state index in [4.69, 9.17) is 0 Å². The van der Waals surface area contributed by atoms with Crippen LogP contribution in [0.1, 0.15) is 0 Å². The third-order valence-electron chi connectivity index (χ3n) is 0.437. The van der Waals surface area contributed by atoms with E-state index in [-0.39, 0.29) is 18.9 Å². The summed E-state index contributed by atoms with van der Waals surface area (Å²) in [5.41, 5.74) is 0. The molecule has 0 saturated heterocycles. The number of halogens is 2. The van der Waals surface area contributed by atoms with Crippen LogP contribution >= 0.6 is 0 Å². The molecule has 0 spiro atoms. The van der Waals surface area contributed by atoms with Gasteiger partial charge in [-0.3, -0.25) is 4.74 Å². The first kappa shape index (κ1) is 13.8. The molecule has 0 aliphatic carbocycles. The predicted molar refractivity (Wildman–Crippen MR) is 22.7 cm³/mol. The normalized spacial score (nSPS) is 12.4. The van der Waals surface area contributed by atoms with E-state index in [2.05, 4.69) is 8.92 Å². The monoisotopic (exact) mass is 184 g/mol. The molecule has 0 bridgehead atoms. The summed E-state index contributed by atoms with van der Waals surface area (Å²) in [5.74, 6) is 0. The van der Waals surface area contributed by atoms with E-state index in [9.17, 15) is 21.8 Å². The Labute approximate surface area is 73.8 Å². The summed E-state index contributed by atoms with van der Waals surface area (Å²) in [5, 5.41) is 0. The molecular weight excluding hydrogens is 181 g/mol. The molecule has 62 valence electrons. The predicted octanol–water partition coefficient (Wildman–Crippen LogP) is -3.34. The van der Waals surface area contributed by atoms with Crippen LogP contribution in [0.5, 0.6) is 0 Å². The zero-order valence-corrected chi connectivity index (χ0v) is 6.52. The van der Waals surface area contributed by atoms with Crippen LogP contribution in [0.25, 0.3) is 0 Å². The summed E-state index contributed by atoms with van der Waals surface area (Å²) >= 11 is 0. The van der Waals surface area contributed by atoms with Crippen molar-refractivity contribution in [2.24, 2.45) is 0 Å². The molecule has 0 heterocycles. The van der Waals surface area contributed by atoms with Crippen molar-refractivity contribution in [1.29, 1.82) is 0 Å². The molecule has 0 aliphatic rings. The van der Waals surface area contributed by atoms with Crippen molar-refractivity contribution in [3.05, 3.63) is 0 Å². The van der Waals surface area contributed by atoms with Crippen LogP contribution in [-0.4, -0.2) is 26.4 Å². The Hall–Kier alpha value is 0.287. The van der Waals surface area contributed by atoms with Crippen LogP contribution in [0.15, 0.2) is 0 Å². The van der Waals surface area contributed by atoms with E-state index in [0.29, 0.717) is 7.11 Å². The van der Waals surface area contributed by atoms with E-state index in [1.165, 1.54) is 0 Å². The van der Waals surface area contributed by atoms with Crippen LogP contribution in [0.4, 0.5) is 8.78 Å².